The second-order valence-electron chi connectivity index (χ2n) is 4.48. The van der Waals surface area contributed by atoms with Gasteiger partial charge in [0.15, 0.2) is 0 Å². The molecule has 0 radical (unpaired) electrons. The van der Waals surface area contributed by atoms with Crippen LogP contribution < -0.4 is 5.32 Å². The lowest BCUT2D eigenvalue weighted by molar-refractivity contribution is 0.102. The van der Waals surface area contributed by atoms with Crippen molar-refractivity contribution in [1.82, 2.24) is 0 Å². The number of hydrogen-bond acceptors (Lipinski definition) is 2. The fourth-order valence-corrected chi connectivity index (χ4v) is 2.13. The Morgan fingerprint density at radius 1 is 1.29 bits per heavy atom. The molecule has 21 heavy (non-hydrogen) atoms. The Bertz CT molecular complexity index is 729. The predicted molar refractivity (Wildman–Crippen MR) is 84.5 cm³/mol. The SMILES string of the molecule is Cc1cc(C#CCO)cc(NC(=O)c2ccccc2Cl)c1. The van der Waals surface area contributed by atoms with E-state index in [0.29, 0.717) is 16.3 Å². The van der Waals surface area contributed by atoms with Crippen molar-refractivity contribution >= 4 is 23.2 Å². The molecule has 4 heteroatoms. The van der Waals surface area contributed by atoms with Gasteiger partial charge in [0.1, 0.15) is 6.61 Å². The molecule has 0 fully saturated rings. The summed E-state index contributed by atoms with van der Waals surface area (Å²) in [4.78, 5) is 12.2. The number of halogens is 1. The number of aliphatic hydroxyl groups is 1. The molecule has 0 saturated heterocycles. The number of benzene rings is 2. The first-order valence-corrected chi connectivity index (χ1v) is 6.75. The Hall–Kier alpha value is -2.28. The molecular formula is C17H14ClNO2. The van der Waals surface area contributed by atoms with Crippen molar-refractivity contribution < 1.29 is 9.90 Å². The lowest BCUT2D eigenvalue weighted by Gasteiger charge is -2.08. The average molecular weight is 300 g/mol. The molecular weight excluding hydrogens is 286 g/mol. The molecule has 0 aromatic heterocycles. The second-order valence-corrected chi connectivity index (χ2v) is 4.89. The smallest absolute Gasteiger partial charge is 0.257 e. The minimum Gasteiger partial charge on any atom is -0.384 e. The van der Waals surface area contributed by atoms with Crippen molar-refractivity contribution in [1.29, 1.82) is 0 Å². The van der Waals surface area contributed by atoms with Crippen molar-refractivity contribution in [2.75, 3.05) is 11.9 Å². The fraction of sp³-hybridized carbons (Fsp3) is 0.118. The van der Waals surface area contributed by atoms with Crippen LogP contribution in [0.4, 0.5) is 5.69 Å². The van der Waals surface area contributed by atoms with Crippen molar-refractivity contribution in [3.05, 3.63) is 64.2 Å². The summed E-state index contributed by atoms with van der Waals surface area (Å²) in [5, 5.41) is 11.9. The van der Waals surface area contributed by atoms with Crippen LogP contribution in [-0.2, 0) is 0 Å². The summed E-state index contributed by atoms with van der Waals surface area (Å²) >= 11 is 6.01. The van der Waals surface area contributed by atoms with E-state index in [9.17, 15) is 4.79 Å². The van der Waals surface area contributed by atoms with Crippen LogP contribution in [0.3, 0.4) is 0 Å². The first-order chi connectivity index (χ1) is 10.1. The van der Waals surface area contributed by atoms with Gasteiger partial charge in [0.05, 0.1) is 10.6 Å². The first kappa shape index (κ1) is 15.1. The van der Waals surface area contributed by atoms with E-state index in [0.717, 1.165) is 11.1 Å². The van der Waals surface area contributed by atoms with E-state index >= 15 is 0 Å². The molecule has 0 aliphatic rings. The Morgan fingerprint density at radius 2 is 2.05 bits per heavy atom. The van der Waals surface area contributed by atoms with Crippen LogP contribution in [0.1, 0.15) is 21.5 Å². The average Bonchev–Trinajstić information content (AvgIpc) is 2.45. The third-order valence-corrected chi connectivity index (χ3v) is 3.10. The van der Waals surface area contributed by atoms with Gasteiger partial charge in [-0.2, -0.15) is 0 Å². The maximum Gasteiger partial charge on any atom is 0.257 e. The molecule has 0 spiro atoms. The number of anilines is 1. The van der Waals surface area contributed by atoms with Crippen LogP contribution >= 0.6 is 11.6 Å². The fourth-order valence-electron chi connectivity index (χ4n) is 1.91. The van der Waals surface area contributed by atoms with Crippen LogP contribution in [0.2, 0.25) is 5.02 Å². The Labute approximate surface area is 128 Å². The second kappa shape index (κ2) is 6.94. The van der Waals surface area contributed by atoms with E-state index < -0.39 is 0 Å². The zero-order chi connectivity index (χ0) is 15.2. The highest BCUT2D eigenvalue weighted by Crippen LogP contribution is 2.19. The molecule has 106 valence electrons. The van der Waals surface area contributed by atoms with E-state index in [1.807, 2.05) is 19.1 Å². The number of amides is 1. The van der Waals surface area contributed by atoms with Gasteiger partial charge >= 0.3 is 0 Å². The monoisotopic (exact) mass is 299 g/mol. The molecule has 0 unspecified atom stereocenters. The third kappa shape index (κ3) is 4.09. The molecule has 2 N–H and O–H groups in total. The summed E-state index contributed by atoms with van der Waals surface area (Å²) in [7, 11) is 0. The number of aryl methyl sites for hydroxylation is 1. The van der Waals surface area contributed by atoms with Gasteiger partial charge in [-0.1, -0.05) is 35.6 Å². The molecule has 2 aromatic rings. The molecule has 2 aromatic carbocycles. The van der Waals surface area contributed by atoms with Crippen molar-refractivity contribution in [3.8, 4) is 11.8 Å². The van der Waals surface area contributed by atoms with Gasteiger partial charge < -0.3 is 10.4 Å². The molecule has 0 aliphatic heterocycles. The van der Waals surface area contributed by atoms with Gasteiger partial charge in [-0.15, -0.1) is 0 Å². The number of hydrogen-bond donors (Lipinski definition) is 2. The van der Waals surface area contributed by atoms with Crippen LogP contribution in [0.5, 0.6) is 0 Å². The van der Waals surface area contributed by atoms with Crippen molar-refractivity contribution in [3.63, 3.8) is 0 Å². The largest absolute Gasteiger partial charge is 0.384 e. The highest BCUT2D eigenvalue weighted by molar-refractivity contribution is 6.34. The third-order valence-electron chi connectivity index (χ3n) is 2.77. The van der Waals surface area contributed by atoms with Gasteiger partial charge in [0.25, 0.3) is 5.91 Å². The maximum absolute atomic E-state index is 12.2. The highest BCUT2D eigenvalue weighted by atomic mass is 35.5. The summed E-state index contributed by atoms with van der Waals surface area (Å²) in [6.45, 7) is 1.71. The number of nitrogens with one attached hydrogen (secondary N) is 1. The van der Waals surface area contributed by atoms with Crippen molar-refractivity contribution in [2.24, 2.45) is 0 Å². The summed E-state index contributed by atoms with van der Waals surface area (Å²) in [6, 6.07) is 12.4. The molecule has 0 heterocycles. The molecule has 3 nitrogen and oxygen atoms in total. The van der Waals surface area contributed by atoms with E-state index in [2.05, 4.69) is 17.2 Å². The molecule has 0 saturated carbocycles. The van der Waals surface area contributed by atoms with Gasteiger partial charge in [-0.3, -0.25) is 4.79 Å². The summed E-state index contributed by atoms with van der Waals surface area (Å²) in [5.74, 6) is 5.14. The van der Waals surface area contributed by atoms with Gasteiger partial charge in [-0.25, -0.2) is 0 Å². The minimum atomic E-state index is -0.271. The predicted octanol–water partition coefficient (Wildman–Crippen LogP) is 3.24. The van der Waals surface area contributed by atoms with Gasteiger partial charge in [-0.05, 0) is 42.8 Å². The number of rotatable bonds is 2. The Kier molecular flexibility index (Phi) is 4.99. The number of aliphatic hydroxyl groups excluding tert-OH is 1. The summed E-state index contributed by atoms with van der Waals surface area (Å²) in [6.07, 6.45) is 0. The van der Waals surface area contributed by atoms with Gasteiger partial charge in [0.2, 0.25) is 0 Å². The topological polar surface area (TPSA) is 49.3 Å². The normalized spacial score (nSPS) is 9.67. The van der Waals surface area contributed by atoms with Crippen LogP contribution in [0, 0.1) is 18.8 Å². The standard InChI is InChI=1S/C17H14ClNO2/c1-12-9-13(5-4-8-20)11-14(10-12)19-17(21)15-6-2-3-7-16(15)18/h2-3,6-7,9-11,20H,8H2,1H3,(H,19,21). The lowest BCUT2D eigenvalue weighted by Crippen LogP contribution is -2.12. The zero-order valence-corrected chi connectivity index (χ0v) is 12.2. The number of carbonyl (C=O) groups excluding carboxylic acids is 1. The number of carbonyl (C=O) groups is 1. The van der Waals surface area contributed by atoms with E-state index in [1.54, 1.807) is 30.3 Å². The Balaban J connectivity index is 2.25. The molecule has 0 aliphatic carbocycles. The minimum absolute atomic E-state index is 0.199. The zero-order valence-electron chi connectivity index (χ0n) is 11.5. The van der Waals surface area contributed by atoms with Crippen LogP contribution in [-0.4, -0.2) is 17.6 Å². The molecule has 2 rings (SSSR count). The van der Waals surface area contributed by atoms with Crippen molar-refractivity contribution in [2.45, 2.75) is 6.92 Å². The van der Waals surface area contributed by atoms with E-state index in [1.165, 1.54) is 0 Å². The highest BCUT2D eigenvalue weighted by Gasteiger charge is 2.10. The van der Waals surface area contributed by atoms with Gasteiger partial charge in [0, 0.05) is 11.3 Å². The summed E-state index contributed by atoms with van der Waals surface area (Å²) < 4.78 is 0. The molecule has 0 bridgehead atoms. The van der Waals surface area contributed by atoms with Crippen LogP contribution in [0.25, 0.3) is 0 Å². The first-order valence-electron chi connectivity index (χ1n) is 6.37. The Morgan fingerprint density at radius 3 is 2.76 bits per heavy atom. The van der Waals surface area contributed by atoms with E-state index in [-0.39, 0.29) is 12.5 Å². The van der Waals surface area contributed by atoms with Crippen LogP contribution in [0.15, 0.2) is 42.5 Å². The summed E-state index contributed by atoms with van der Waals surface area (Å²) in [5.41, 5.74) is 2.76. The quantitative estimate of drug-likeness (QED) is 0.836. The lowest BCUT2D eigenvalue weighted by atomic mass is 10.1. The van der Waals surface area contributed by atoms with E-state index in [4.69, 9.17) is 16.7 Å². The molecule has 0 atom stereocenters. The molecule has 1 amide bonds. The maximum atomic E-state index is 12.2.